The van der Waals surface area contributed by atoms with Crippen LogP contribution in [0.5, 0.6) is 11.5 Å². The van der Waals surface area contributed by atoms with Crippen molar-refractivity contribution >= 4 is 23.1 Å². The van der Waals surface area contributed by atoms with Crippen molar-refractivity contribution in [2.75, 3.05) is 20.0 Å². The number of methoxy groups -OCH3 is 2. The lowest BCUT2D eigenvalue weighted by Gasteiger charge is -2.13. The predicted octanol–water partition coefficient (Wildman–Crippen LogP) is 4.45. The van der Waals surface area contributed by atoms with Gasteiger partial charge in [0, 0.05) is 17.2 Å². The standard InChI is InChI=1S/C20H15ClN4O4/c1-28-12-4-6-19(29-2)14(8-12)17-9-13(15(10-22)20(23)24-17)11-3-5-16(21)18(7-11)25(26)27/h3-9H,1-2H3,(H2,23,24). The van der Waals surface area contributed by atoms with E-state index in [2.05, 4.69) is 4.98 Å². The SMILES string of the molecule is COc1ccc(OC)c(-c2cc(-c3ccc(Cl)c([N+](=O)[O-])c3)c(C#N)c(N)n2)c1. The second kappa shape index (κ2) is 8.04. The number of nitro benzene ring substituents is 1. The van der Waals surface area contributed by atoms with Gasteiger partial charge in [0.1, 0.15) is 34.0 Å². The van der Waals surface area contributed by atoms with Crippen LogP contribution in [0.4, 0.5) is 11.5 Å². The second-order valence-corrected chi connectivity index (χ2v) is 6.32. The van der Waals surface area contributed by atoms with Crippen LogP contribution in [0.25, 0.3) is 22.4 Å². The van der Waals surface area contributed by atoms with Crippen LogP contribution in [-0.4, -0.2) is 24.1 Å². The van der Waals surface area contributed by atoms with Crippen molar-refractivity contribution in [3.05, 3.63) is 63.2 Å². The van der Waals surface area contributed by atoms with E-state index in [1.165, 1.54) is 26.4 Å². The molecule has 3 aromatic rings. The Morgan fingerprint density at radius 3 is 2.52 bits per heavy atom. The minimum atomic E-state index is -0.589. The molecule has 0 aliphatic heterocycles. The van der Waals surface area contributed by atoms with Gasteiger partial charge in [-0.15, -0.1) is 0 Å². The lowest BCUT2D eigenvalue weighted by atomic mass is 9.97. The fourth-order valence-electron chi connectivity index (χ4n) is 2.88. The summed E-state index contributed by atoms with van der Waals surface area (Å²) in [6.07, 6.45) is 0. The smallest absolute Gasteiger partial charge is 0.288 e. The number of hydrogen-bond donors (Lipinski definition) is 1. The van der Waals surface area contributed by atoms with Gasteiger partial charge in [-0.1, -0.05) is 17.7 Å². The van der Waals surface area contributed by atoms with Gasteiger partial charge >= 0.3 is 0 Å². The topological polar surface area (TPSA) is 124 Å². The molecule has 0 aliphatic rings. The zero-order valence-corrected chi connectivity index (χ0v) is 16.2. The zero-order valence-electron chi connectivity index (χ0n) is 15.5. The summed E-state index contributed by atoms with van der Waals surface area (Å²) in [5.74, 6) is 1.09. The summed E-state index contributed by atoms with van der Waals surface area (Å²) in [7, 11) is 3.05. The van der Waals surface area contributed by atoms with Crippen molar-refractivity contribution in [1.82, 2.24) is 4.98 Å². The first-order chi connectivity index (χ1) is 13.9. The maximum atomic E-state index is 11.3. The van der Waals surface area contributed by atoms with E-state index in [0.29, 0.717) is 33.9 Å². The van der Waals surface area contributed by atoms with Crippen LogP contribution in [0.2, 0.25) is 5.02 Å². The van der Waals surface area contributed by atoms with Crippen LogP contribution in [0, 0.1) is 21.4 Å². The molecule has 0 fully saturated rings. The summed E-state index contributed by atoms with van der Waals surface area (Å²) in [6, 6.07) is 13.1. The number of anilines is 1. The molecule has 0 saturated heterocycles. The Morgan fingerprint density at radius 2 is 1.90 bits per heavy atom. The Labute approximate surface area is 171 Å². The van der Waals surface area contributed by atoms with Crippen LogP contribution >= 0.6 is 11.6 Å². The summed E-state index contributed by atoms with van der Waals surface area (Å²) in [5, 5.41) is 20.8. The molecular formula is C20H15ClN4O4. The number of halogens is 1. The maximum Gasteiger partial charge on any atom is 0.288 e. The highest BCUT2D eigenvalue weighted by atomic mass is 35.5. The normalized spacial score (nSPS) is 10.3. The van der Waals surface area contributed by atoms with Gasteiger partial charge < -0.3 is 15.2 Å². The largest absolute Gasteiger partial charge is 0.497 e. The summed E-state index contributed by atoms with van der Waals surface area (Å²) in [5.41, 5.74) is 7.67. The Bertz CT molecular complexity index is 1160. The molecule has 8 nitrogen and oxygen atoms in total. The molecule has 3 rings (SSSR count). The summed E-state index contributed by atoms with van der Waals surface area (Å²) in [6.45, 7) is 0. The number of aromatic nitrogens is 1. The summed E-state index contributed by atoms with van der Waals surface area (Å²) < 4.78 is 10.7. The van der Waals surface area contributed by atoms with Crippen molar-refractivity contribution in [2.45, 2.75) is 0 Å². The van der Waals surface area contributed by atoms with Gasteiger partial charge in [-0.05, 0) is 35.9 Å². The molecule has 9 heteroatoms. The van der Waals surface area contributed by atoms with Crippen LogP contribution in [0.3, 0.4) is 0 Å². The quantitative estimate of drug-likeness (QED) is 0.486. The average Bonchev–Trinajstić information content (AvgIpc) is 2.72. The van der Waals surface area contributed by atoms with Gasteiger partial charge in [0.15, 0.2) is 0 Å². The third-order valence-electron chi connectivity index (χ3n) is 4.30. The Morgan fingerprint density at radius 1 is 1.14 bits per heavy atom. The minimum Gasteiger partial charge on any atom is -0.497 e. The predicted molar refractivity (Wildman–Crippen MR) is 109 cm³/mol. The van der Waals surface area contributed by atoms with Gasteiger partial charge in [-0.25, -0.2) is 4.98 Å². The minimum absolute atomic E-state index is 0.00558. The van der Waals surface area contributed by atoms with E-state index in [4.69, 9.17) is 26.8 Å². The first-order valence-electron chi connectivity index (χ1n) is 8.27. The number of nitro groups is 1. The van der Waals surface area contributed by atoms with E-state index in [1.807, 2.05) is 6.07 Å². The molecule has 0 saturated carbocycles. The van der Waals surface area contributed by atoms with Crippen molar-refractivity contribution in [1.29, 1.82) is 5.26 Å². The molecule has 2 aromatic carbocycles. The first-order valence-corrected chi connectivity index (χ1v) is 8.64. The van der Waals surface area contributed by atoms with Crippen molar-refractivity contribution < 1.29 is 14.4 Å². The third kappa shape index (κ3) is 3.77. The van der Waals surface area contributed by atoms with E-state index in [9.17, 15) is 15.4 Å². The molecule has 0 aliphatic carbocycles. The van der Waals surface area contributed by atoms with Gasteiger partial charge in [-0.3, -0.25) is 10.1 Å². The van der Waals surface area contributed by atoms with Crippen LogP contribution in [0.1, 0.15) is 5.56 Å². The van der Waals surface area contributed by atoms with Crippen molar-refractivity contribution in [3.63, 3.8) is 0 Å². The highest BCUT2D eigenvalue weighted by Crippen LogP contribution is 2.38. The number of rotatable bonds is 5. The number of pyridine rings is 1. The molecule has 2 N–H and O–H groups in total. The van der Waals surface area contributed by atoms with Crippen molar-refractivity contribution in [2.24, 2.45) is 0 Å². The highest BCUT2D eigenvalue weighted by molar-refractivity contribution is 6.32. The molecule has 0 amide bonds. The van der Waals surface area contributed by atoms with E-state index in [0.717, 1.165) is 0 Å². The monoisotopic (exact) mass is 410 g/mol. The highest BCUT2D eigenvalue weighted by Gasteiger charge is 2.19. The van der Waals surface area contributed by atoms with Gasteiger partial charge in [-0.2, -0.15) is 5.26 Å². The number of benzene rings is 2. The molecule has 146 valence electrons. The van der Waals surface area contributed by atoms with Crippen LogP contribution in [0.15, 0.2) is 42.5 Å². The van der Waals surface area contributed by atoms with Gasteiger partial charge in [0.05, 0.1) is 24.8 Å². The van der Waals surface area contributed by atoms with Crippen LogP contribution < -0.4 is 15.2 Å². The second-order valence-electron chi connectivity index (χ2n) is 5.92. The number of nitrogens with two attached hydrogens (primary N) is 1. The molecule has 0 spiro atoms. The number of nitriles is 1. The fourth-order valence-corrected chi connectivity index (χ4v) is 3.07. The lowest BCUT2D eigenvalue weighted by Crippen LogP contribution is -2.01. The molecule has 0 atom stereocenters. The Hall–Kier alpha value is -3.83. The van der Waals surface area contributed by atoms with E-state index >= 15 is 0 Å². The summed E-state index contributed by atoms with van der Waals surface area (Å²) >= 11 is 5.91. The molecule has 0 radical (unpaired) electrons. The number of hydrogen-bond acceptors (Lipinski definition) is 7. The van der Waals surface area contributed by atoms with Gasteiger partial charge in [0.25, 0.3) is 5.69 Å². The third-order valence-corrected chi connectivity index (χ3v) is 4.62. The van der Waals surface area contributed by atoms with Crippen LogP contribution in [-0.2, 0) is 0 Å². The fraction of sp³-hybridized carbons (Fsp3) is 0.100. The summed E-state index contributed by atoms with van der Waals surface area (Å²) in [4.78, 5) is 15.0. The van der Waals surface area contributed by atoms with Crippen molar-refractivity contribution in [3.8, 4) is 40.0 Å². The molecule has 1 heterocycles. The molecule has 29 heavy (non-hydrogen) atoms. The Kier molecular flexibility index (Phi) is 5.52. The molecular weight excluding hydrogens is 396 g/mol. The van der Waals surface area contributed by atoms with Gasteiger partial charge in [0.2, 0.25) is 0 Å². The Balaban J connectivity index is 2.29. The average molecular weight is 411 g/mol. The van der Waals surface area contributed by atoms with E-state index in [-0.39, 0.29) is 22.1 Å². The van der Waals surface area contributed by atoms with E-state index < -0.39 is 4.92 Å². The lowest BCUT2D eigenvalue weighted by molar-refractivity contribution is -0.384. The molecule has 0 unspecified atom stereocenters. The number of nitrogens with zero attached hydrogens (tertiary/aromatic N) is 3. The number of ether oxygens (including phenoxy) is 2. The number of nitrogen functional groups attached to an aromatic ring is 1. The maximum absolute atomic E-state index is 11.3. The zero-order chi connectivity index (χ0) is 21.1. The molecule has 0 bridgehead atoms. The molecule has 1 aromatic heterocycles. The first kappa shape index (κ1) is 19.9. The van der Waals surface area contributed by atoms with E-state index in [1.54, 1.807) is 30.3 Å².